The van der Waals surface area contributed by atoms with Gasteiger partial charge in [-0.1, -0.05) is 17.7 Å². The molecule has 1 aromatic carbocycles. The van der Waals surface area contributed by atoms with Crippen molar-refractivity contribution in [1.82, 2.24) is 29.5 Å². The van der Waals surface area contributed by atoms with E-state index in [1.807, 2.05) is 16.7 Å². The average molecular weight is 578 g/mol. The van der Waals surface area contributed by atoms with Crippen LogP contribution in [0, 0.1) is 11.6 Å². The van der Waals surface area contributed by atoms with Crippen molar-refractivity contribution in [2.45, 2.75) is 24.9 Å². The van der Waals surface area contributed by atoms with E-state index in [9.17, 15) is 8.78 Å². The molecule has 0 bridgehead atoms. The molecule has 6 rings (SSSR count). The van der Waals surface area contributed by atoms with E-state index in [1.54, 1.807) is 24.7 Å². The first-order valence-corrected chi connectivity index (χ1v) is 13.2. The van der Waals surface area contributed by atoms with Gasteiger partial charge in [-0.2, -0.15) is 0 Å². The summed E-state index contributed by atoms with van der Waals surface area (Å²) in [4.78, 5) is 24.0. The molecule has 1 aliphatic rings. The highest BCUT2D eigenvalue weighted by Gasteiger charge is 2.36. The Morgan fingerprint density at radius 1 is 1.10 bits per heavy atom. The van der Waals surface area contributed by atoms with Crippen LogP contribution in [-0.2, 0) is 12.1 Å². The standard InChI is InChI=1S/C28H26ClF2N9O/c1-41-25-18(30)8-16(9-19(25)31)20-10-17(12-40-15-37-24-26(32)35-14-36-27(24)40)21(11-34-20)39-7-3-6-28(33,13-39)22-4-2-5-23(29)38-22/h2,4-5,8-11,14-15H,3,6-7,12-13,33H2,1H3,(H2,32,35,36)/t28-/m0/s1. The highest BCUT2D eigenvalue weighted by Crippen LogP contribution is 2.35. The SMILES string of the molecule is COc1c(F)cc(-c2cc(Cn3cnc4c(N)ncnc43)c(N3CCC[C@@](N)(c4cccc(Cl)n4)C3)cn2)cc1F. The van der Waals surface area contributed by atoms with Crippen LogP contribution < -0.4 is 21.1 Å². The van der Waals surface area contributed by atoms with Crippen LogP contribution in [0.1, 0.15) is 24.1 Å². The van der Waals surface area contributed by atoms with E-state index in [1.165, 1.54) is 25.6 Å². The maximum Gasteiger partial charge on any atom is 0.190 e. The van der Waals surface area contributed by atoms with Gasteiger partial charge in [-0.05, 0) is 48.7 Å². The number of anilines is 2. The van der Waals surface area contributed by atoms with Crippen LogP contribution in [0.4, 0.5) is 20.3 Å². The summed E-state index contributed by atoms with van der Waals surface area (Å²) in [6, 6.07) is 9.63. The van der Waals surface area contributed by atoms with E-state index in [-0.39, 0.29) is 11.4 Å². The molecule has 1 fully saturated rings. The summed E-state index contributed by atoms with van der Waals surface area (Å²) in [5, 5.41) is 0.378. The second-order valence-electron chi connectivity index (χ2n) is 10.0. The molecule has 4 aromatic heterocycles. The third-order valence-corrected chi connectivity index (χ3v) is 7.53. The summed E-state index contributed by atoms with van der Waals surface area (Å²) in [5.41, 5.74) is 16.2. The lowest BCUT2D eigenvalue weighted by molar-refractivity contribution is 0.345. The number of methoxy groups -OCH3 is 1. The van der Waals surface area contributed by atoms with E-state index >= 15 is 0 Å². The molecule has 5 aromatic rings. The van der Waals surface area contributed by atoms with Gasteiger partial charge in [-0.15, -0.1) is 0 Å². The third kappa shape index (κ3) is 5.00. The Morgan fingerprint density at radius 2 is 1.90 bits per heavy atom. The Kier molecular flexibility index (Phi) is 6.88. The fourth-order valence-electron chi connectivity index (χ4n) is 5.34. The molecule has 0 unspecified atom stereocenters. The van der Waals surface area contributed by atoms with E-state index in [0.29, 0.717) is 40.8 Å². The molecule has 0 aliphatic carbocycles. The van der Waals surface area contributed by atoms with Crippen molar-refractivity contribution < 1.29 is 13.5 Å². The summed E-state index contributed by atoms with van der Waals surface area (Å²) < 4.78 is 35.9. The minimum Gasteiger partial charge on any atom is -0.491 e. The smallest absolute Gasteiger partial charge is 0.190 e. The number of nitrogens with zero attached hydrogens (tertiary/aromatic N) is 7. The van der Waals surface area contributed by atoms with Crippen LogP contribution in [0.15, 0.2) is 55.2 Å². The summed E-state index contributed by atoms with van der Waals surface area (Å²) in [6.07, 6.45) is 6.24. The number of hydrogen-bond donors (Lipinski definition) is 2. The van der Waals surface area contributed by atoms with Gasteiger partial charge in [0.2, 0.25) is 0 Å². The number of nitrogen functional groups attached to an aromatic ring is 1. The average Bonchev–Trinajstić information content (AvgIpc) is 3.37. The Labute approximate surface area is 239 Å². The van der Waals surface area contributed by atoms with Gasteiger partial charge in [0.15, 0.2) is 28.8 Å². The molecule has 0 radical (unpaired) electrons. The van der Waals surface area contributed by atoms with Crippen LogP contribution in [-0.4, -0.2) is 49.7 Å². The molecule has 4 N–H and O–H groups in total. The minimum absolute atomic E-state index is 0.269. The van der Waals surface area contributed by atoms with Crippen LogP contribution in [0.3, 0.4) is 0 Å². The summed E-state index contributed by atoms with van der Waals surface area (Å²) >= 11 is 6.18. The van der Waals surface area contributed by atoms with Crippen molar-refractivity contribution in [3.8, 4) is 17.0 Å². The highest BCUT2D eigenvalue weighted by atomic mass is 35.5. The predicted octanol–water partition coefficient (Wildman–Crippen LogP) is 4.31. The molecule has 13 heteroatoms. The second-order valence-corrected chi connectivity index (χ2v) is 10.4. The summed E-state index contributed by atoms with van der Waals surface area (Å²) in [6.45, 7) is 1.50. The number of nitrogens with two attached hydrogens (primary N) is 2. The fourth-order valence-corrected chi connectivity index (χ4v) is 5.51. The van der Waals surface area contributed by atoms with Crippen molar-refractivity contribution in [2.75, 3.05) is 30.8 Å². The highest BCUT2D eigenvalue weighted by molar-refractivity contribution is 6.29. The molecule has 1 aliphatic heterocycles. The zero-order valence-corrected chi connectivity index (χ0v) is 22.8. The zero-order valence-electron chi connectivity index (χ0n) is 22.1. The molecular formula is C28H26ClF2N9O. The fraction of sp³-hybridized carbons (Fsp3) is 0.250. The lowest BCUT2D eigenvalue weighted by Gasteiger charge is -2.41. The number of fused-ring (bicyclic) bond motifs is 1. The Balaban J connectivity index is 1.44. The first-order valence-electron chi connectivity index (χ1n) is 12.9. The van der Waals surface area contributed by atoms with Gasteiger partial charge in [0.05, 0.1) is 48.8 Å². The van der Waals surface area contributed by atoms with Gasteiger partial charge in [-0.3, -0.25) is 4.98 Å². The number of halogens is 3. The van der Waals surface area contributed by atoms with E-state index in [4.69, 9.17) is 27.8 Å². The van der Waals surface area contributed by atoms with Gasteiger partial charge in [0.25, 0.3) is 0 Å². The van der Waals surface area contributed by atoms with Gasteiger partial charge in [0.1, 0.15) is 17.0 Å². The number of pyridine rings is 2. The maximum atomic E-state index is 14.6. The normalized spacial score (nSPS) is 17.2. The Hall–Kier alpha value is -4.42. The minimum atomic E-state index is -0.819. The largest absolute Gasteiger partial charge is 0.491 e. The molecule has 0 saturated carbocycles. The molecule has 210 valence electrons. The topological polar surface area (TPSA) is 134 Å². The van der Waals surface area contributed by atoms with Gasteiger partial charge >= 0.3 is 0 Å². The van der Waals surface area contributed by atoms with Crippen LogP contribution in [0.2, 0.25) is 5.15 Å². The van der Waals surface area contributed by atoms with Crippen molar-refractivity contribution >= 4 is 34.3 Å². The number of ether oxygens (including phenoxy) is 1. The first kappa shape index (κ1) is 26.8. The van der Waals surface area contributed by atoms with Crippen LogP contribution in [0.5, 0.6) is 5.75 Å². The zero-order chi connectivity index (χ0) is 28.7. The van der Waals surface area contributed by atoms with Crippen molar-refractivity contribution in [2.24, 2.45) is 5.73 Å². The number of hydrogen-bond acceptors (Lipinski definition) is 9. The lowest BCUT2D eigenvalue weighted by atomic mass is 9.86. The quantitative estimate of drug-likeness (QED) is 0.283. The van der Waals surface area contributed by atoms with E-state index in [0.717, 1.165) is 30.6 Å². The molecule has 1 atom stereocenters. The van der Waals surface area contributed by atoms with Gasteiger partial charge < -0.3 is 25.7 Å². The van der Waals surface area contributed by atoms with Crippen molar-refractivity contribution in [3.63, 3.8) is 0 Å². The predicted molar refractivity (Wildman–Crippen MR) is 152 cm³/mol. The van der Waals surface area contributed by atoms with Crippen LogP contribution >= 0.6 is 11.6 Å². The Bertz CT molecular complexity index is 1740. The van der Waals surface area contributed by atoms with Gasteiger partial charge in [0, 0.05) is 18.7 Å². The first-order chi connectivity index (χ1) is 19.8. The summed E-state index contributed by atoms with van der Waals surface area (Å²) in [5.74, 6) is -1.82. The number of rotatable bonds is 6. The lowest BCUT2D eigenvalue weighted by Crippen LogP contribution is -2.52. The van der Waals surface area contributed by atoms with Crippen molar-refractivity contribution in [3.05, 3.63) is 83.3 Å². The number of benzene rings is 1. The molecular weight excluding hydrogens is 552 g/mol. The molecule has 5 heterocycles. The monoisotopic (exact) mass is 577 g/mol. The van der Waals surface area contributed by atoms with Gasteiger partial charge in [-0.25, -0.2) is 28.7 Å². The molecule has 0 amide bonds. The van der Waals surface area contributed by atoms with E-state index in [2.05, 4.69) is 29.8 Å². The number of aromatic nitrogens is 6. The molecule has 41 heavy (non-hydrogen) atoms. The molecule has 0 spiro atoms. The molecule has 10 nitrogen and oxygen atoms in total. The third-order valence-electron chi connectivity index (χ3n) is 7.32. The summed E-state index contributed by atoms with van der Waals surface area (Å²) in [7, 11) is 1.22. The second kappa shape index (κ2) is 10.5. The number of imidazole rings is 1. The van der Waals surface area contributed by atoms with E-state index < -0.39 is 22.9 Å². The maximum absolute atomic E-state index is 14.6. The Morgan fingerprint density at radius 3 is 2.66 bits per heavy atom. The van der Waals surface area contributed by atoms with Crippen LogP contribution in [0.25, 0.3) is 22.4 Å². The van der Waals surface area contributed by atoms with Crippen molar-refractivity contribution in [1.29, 1.82) is 0 Å². The number of piperidine rings is 1. The molecule has 1 saturated heterocycles.